The molecule has 2 unspecified atom stereocenters. The van der Waals surface area contributed by atoms with Crippen LogP contribution in [-0.4, -0.2) is 0 Å². The molecule has 0 aromatic heterocycles. The molecule has 0 N–H and O–H groups in total. The van der Waals surface area contributed by atoms with Crippen LogP contribution in [0.5, 0.6) is 0 Å². The Kier molecular flexibility index (Phi) is 2.98. The first kappa shape index (κ1) is 7.84. The Morgan fingerprint density at radius 2 is 2.00 bits per heavy atom. The summed E-state index contributed by atoms with van der Waals surface area (Å²) < 4.78 is 0. The van der Waals surface area contributed by atoms with Crippen LogP contribution in [-0.2, 0) is 0 Å². The highest BCUT2D eigenvalue weighted by Gasteiger charge is 2.12. The third-order valence-corrected chi connectivity index (χ3v) is 2.64. The van der Waals surface area contributed by atoms with Crippen molar-refractivity contribution in [1.82, 2.24) is 0 Å². The SMILES string of the molecule is C=CC1CCCC(C)CC1. The second-order valence-electron chi connectivity index (χ2n) is 3.61. The molecule has 58 valence electrons. The van der Waals surface area contributed by atoms with Gasteiger partial charge in [-0.25, -0.2) is 0 Å². The smallest absolute Gasteiger partial charge is 0.0236 e. The lowest BCUT2D eigenvalue weighted by atomic mass is 10.00. The van der Waals surface area contributed by atoms with E-state index in [2.05, 4.69) is 19.6 Å². The van der Waals surface area contributed by atoms with E-state index in [9.17, 15) is 0 Å². The fourth-order valence-corrected chi connectivity index (χ4v) is 1.75. The van der Waals surface area contributed by atoms with Crippen molar-refractivity contribution in [2.24, 2.45) is 11.8 Å². The number of hydrogen-bond donors (Lipinski definition) is 0. The molecule has 0 aliphatic heterocycles. The van der Waals surface area contributed by atoms with Crippen molar-refractivity contribution in [3.05, 3.63) is 12.7 Å². The van der Waals surface area contributed by atoms with E-state index in [0.717, 1.165) is 11.8 Å². The third-order valence-electron chi connectivity index (χ3n) is 2.64. The summed E-state index contributed by atoms with van der Waals surface area (Å²) in [5, 5.41) is 0. The average molecular weight is 138 g/mol. The Morgan fingerprint density at radius 1 is 1.20 bits per heavy atom. The molecule has 1 aliphatic carbocycles. The van der Waals surface area contributed by atoms with E-state index in [1.54, 1.807) is 0 Å². The van der Waals surface area contributed by atoms with Gasteiger partial charge in [0, 0.05) is 0 Å². The summed E-state index contributed by atoms with van der Waals surface area (Å²) in [5.41, 5.74) is 0. The standard InChI is InChI=1S/C10H18/c1-3-10-6-4-5-9(2)7-8-10/h3,9-10H,1,4-8H2,2H3. The summed E-state index contributed by atoms with van der Waals surface area (Å²) in [7, 11) is 0. The van der Waals surface area contributed by atoms with Gasteiger partial charge in [0.2, 0.25) is 0 Å². The van der Waals surface area contributed by atoms with Crippen LogP contribution in [0.2, 0.25) is 0 Å². The molecule has 1 saturated carbocycles. The van der Waals surface area contributed by atoms with Crippen molar-refractivity contribution in [3.63, 3.8) is 0 Å². The minimum atomic E-state index is 0.824. The van der Waals surface area contributed by atoms with Crippen LogP contribution >= 0.6 is 0 Å². The van der Waals surface area contributed by atoms with E-state index in [1.807, 2.05) is 0 Å². The van der Waals surface area contributed by atoms with Crippen molar-refractivity contribution in [3.8, 4) is 0 Å². The first-order chi connectivity index (χ1) is 4.83. The van der Waals surface area contributed by atoms with Gasteiger partial charge in [-0.1, -0.05) is 32.3 Å². The maximum Gasteiger partial charge on any atom is -0.0236 e. The van der Waals surface area contributed by atoms with Crippen LogP contribution < -0.4 is 0 Å². The lowest BCUT2D eigenvalue weighted by Gasteiger charge is -2.06. The molecule has 10 heavy (non-hydrogen) atoms. The van der Waals surface area contributed by atoms with Crippen molar-refractivity contribution in [2.75, 3.05) is 0 Å². The molecule has 1 rings (SSSR count). The molecule has 0 heterocycles. The topological polar surface area (TPSA) is 0 Å². The maximum absolute atomic E-state index is 3.85. The van der Waals surface area contributed by atoms with Gasteiger partial charge in [0.15, 0.2) is 0 Å². The molecule has 0 aromatic rings. The van der Waals surface area contributed by atoms with E-state index < -0.39 is 0 Å². The summed E-state index contributed by atoms with van der Waals surface area (Å²) in [6.45, 7) is 6.22. The quantitative estimate of drug-likeness (QED) is 0.385. The Bertz CT molecular complexity index is 105. The summed E-state index contributed by atoms with van der Waals surface area (Å²) in [6.07, 6.45) is 9.16. The van der Waals surface area contributed by atoms with Gasteiger partial charge in [-0.05, 0) is 24.7 Å². The lowest BCUT2D eigenvalue weighted by Crippen LogP contribution is -1.93. The van der Waals surface area contributed by atoms with Crippen LogP contribution in [0.3, 0.4) is 0 Å². The number of hydrogen-bond acceptors (Lipinski definition) is 0. The zero-order valence-corrected chi connectivity index (χ0v) is 6.97. The minimum Gasteiger partial charge on any atom is -0.103 e. The monoisotopic (exact) mass is 138 g/mol. The molecule has 2 atom stereocenters. The third kappa shape index (κ3) is 2.17. The van der Waals surface area contributed by atoms with Gasteiger partial charge in [0.25, 0.3) is 0 Å². The number of allylic oxidation sites excluding steroid dienone is 1. The Labute approximate surface area is 64.3 Å². The molecule has 0 radical (unpaired) electrons. The molecule has 0 nitrogen and oxygen atoms in total. The predicted octanol–water partition coefficient (Wildman–Crippen LogP) is 3.39. The molecular formula is C10H18. The second kappa shape index (κ2) is 3.80. The highest BCUT2D eigenvalue weighted by atomic mass is 14.2. The molecule has 0 saturated heterocycles. The number of rotatable bonds is 1. The average Bonchev–Trinajstić information content (AvgIpc) is 2.14. The normalized spacial score (nSPS) is 34.9. The Balaban J connectivity index is 2.32. The summed E-state index contributed by atoms with van der Waals surface area (Å²) in [5.74, 6) is 1.79. The van der Waals surface area contributed by atoms with Gasteiger partial charge in [-0.2, -0.15) is 0 Å². The first-order valence-electron chi connectivity index (χ1n) is 4.45. The van der Waals surface area contributed by atoms with Gasteiger partial charge in [0.1, 0.15) is 0 Å². The zero-order chi connectivity index (χ0) is 7.40. The summed E-state index contributed by atoms with van der Waals surface area (Å²) in [6, 6.07) is 0. The van der Waals surface area contributed by atoms with Crippen LogP contribution in [0.25, 0.3) is 0 Å². The Hall–Kier alpha value is -0.260. The highest BCUT2D eigenvalue weighted by Crippen LogP contribution is 2.26. The summed E-state index contributed by atoms with van der Waals surface area (Å²) in [4.78, 5) is 0. The molecular weight excluding hydrogens is 120 g/mol. The van der Waals surface area contributed by atoms with E-state index in [1.165, 1.54) is 32.1 Å². The molecule has 1 aliphatic rings. The fourth-order valence-electron chi connectivity index (χ4n) is 1.75. The van der Waals surface area contributed by atoms with Crippen molar-refractivity contribution in [2.45, 2.75) is 39.0 Å². The van der Waals surface area contributed by atoms with Crippen LogP contribution in [0, 0.1) is 11.8 Å². The van der Waals surface area contributed by atoms with Crippen LogP contribution in [0.15, 0.2) is 12.7 Å². The zero-order valence-electron chi connectivity index (χ0n) is 6.97. The van der Waals surface area contributed by atoms with E-state index >= 15 is 0 Å². The molecule has 0 heteroatoms. The minimum absolute atomic E-state index is 0.824. The van der Waals surface area contributed by atoms with Crippen LogP contribution in [0.4, 0.5) is 0 Å². The lowest BCUT2D eigenvalue weighted by molar-refractivity contribution is 0.494. The molecule has 0 amide bonds. The van der Waals surface area contributed by atoms with E-state index in [4.69, 9.17) is 0 Å². The molecule has 1 fully saturated rings. The molecule has 0 aromatic carbocycles. The maximum atomic E-state index is 3.85. The molecule has 0 bridgehead atoms. The Morgan fingerprint density at radius 3 is 2.70 bits per heavy atom. The van der Waals surface area contributed by atoms with Crippen molar-refractivity contribution < 1.29 is 0 Å². The first-order valence-corrected chi connectivity index (χ1v) is 4.45. The van der Waals surface area contributed by atoms with E-state index in [-0.39, 0.29) is 0 Å². The van der Waals surface area contributed by atoms with Gasteiger partial charge < -0.3 is 0 Å². The van der Waals surface area contributed by atoms with Crippen molar-refractivity contribution in [1.29, 1.82) is 0 Å². The second-order valence-corrected chi connectivity index (χ2v) is 3.61. The van der Waals surface area contributed by atoms with Gasteiger partial charge in [-0.15, -0.1) is 6.58 Å². The van der Waals surface area contributed by atoms with E-state index in [0.29, 0.717) is 0 Å². The van der Waals surface area contributed by atoms with Gasteiger partial charge in [0.05, 0.1) is 0 Å². The van der Waals surface area contributed by atoms with Gasteiger partial charge in [-0.3, -0.25) is 0 Å². The highest BCUT2D eigenvalue weighted by molar-refractivity contribution is 4.81. The van der Waals surface area contributed by atoms with Gasteiger partial charge >= 0.3 is 0 Å². The predicted molar refractivity (Wildman–Crippen MR) is 45.9 cm³/mol. The summed E-state index contributed by atoms with van der Waals surface area (Å²) >= 11 is 0. The van der Waals surface area contributed by atoms with Crippen molar-refractivity contribution >= 4 is 0 Å². The largest absolute Gasteiger partial charge is 0.103 e. The molecule has 0 spiro atoms. The van der Waals surface area contributed by atoms with Crippen LogP contribution in [0.1, 0.15) is 39.0 Å². The fraction of sp³-hybridized carbons (Fsp3) is 0.800.